The predicted octanol–water partition coefficient (Wildman–Crippen LogP) is 2.82. The van der Waals surface area contributed by atoms with Crippen molar-refractivity contribution in [2.45, 2.75) is 26.7 Å². The Hall–Kier alpha value is -2.37. The third kappa shape index (κ3) is 2.42. The number of rotatable bonds is 4. The lowest BCUT2D eigenvalue weighted by atomic mass is 10.1. The summed E-state index contributed by atoms with van der Waals surface area (Å²) in [7, 11) is 0. The molecule has 6 nitrogen and oxygen atoms in total. The second-order valence-electron chi connectivity index (χ2n) is 4.18. The van der Waals surface area contributed by atoms with E-state index < -0.39 is 4.92 Å². The number of non-ortho nitro benzene ring substituents is 1. The van der Waals surface area contributed by atoms with E-state index in [1.165, 1.54) is 18.2 Å². The van der Waals surface area contributed by atoms with E-state index in [0.717, 1.165) is 24.2 Å². The van der Waals surface area contributed by atoms with Crippen molar-refractivity contribution in [2.75, 3.05) is 0 Å². The molecule has 2 N–H and O–H groups in total. The normalized spacial score (nSPS) is 10.6. The lowest BCUT2D eigenvalue weighted by Gasteiger charge is -2.01. The van der Waals surface area contributed by atoms with Gasteiger partial charge in [-0.15, -0.1) is 0 Å². The SMILES string of the molecule is CCc1nc(-c2cc([N+](=O)[O-])ccc2O)[nH]c1CC. The Kier molecular flexibility index (Phi) is 3.50. The highest BCUT2D eigenvalue weighted by atomic mass is 16.6. The van der Waals surface area contributed by atoms with Crippen molar-refractivity contribution in [3.63, 3.8) is 0 Å². The molecule has 0 aliphatic carbocycles. The summed E-state index contributed by atoms with van der Waals surface area (Å²) in [5, 5.41) is 20.6. The number of nitro benzene ring substituents is 1. The molecule has 0 unspecified atom stereocenters. The molecule has 0 spiro atoms. The average molecular weight is 261 g/mol. The van der Waals surface area contributed by atoms with E-state index in [0.29, 0.717) is 11.4 Å². The number of aromatic nitrogens is 2. The summed E-state index contributed by atoms with van der Waals surface area (Å²) >= 11 is 0. The minimum atomic E-state index is -0.493. The Balaban J connectivity index is 2.54. The fraction of sp³-hybridized carbons (Fsp3) is 0.308. The molecule has 19 heavy (non-hydrogen) atoms. The predicted molar refractivity (Wildman–Crippen MR) is 71.1 cm³/mol. The van der Waals surface area contributed by atoms with Crippen LogP contribution in [0.4, 0.5) is 5.69 Å². The van der Waals surface area contributed by atoms with Gasteiger partial charge in [0.25, 0.3) is 5.69 Å². The monoisotopic (exact) mass is 261 g/mol. The lowest BCUT2D eigenvalue weighted by molar-refractivity contribution is -0.384. The van der Waals surface area contributed by atoms with Crippen LogP contribution in [0.2, 0.25) is 0 Å². The maximum absolute atomic E-state index is 10.8. The molecule has 1 aromatic heterocycles. The molecule has 0 radical (unpaired) electrons. The van der Waals surface area contributed by atoms with E-state index in [1.807, 2.05) is 13.8 Å². The zero-order chi connectivity index (χ0) is 14.0. The van der Waals surface area contributed by atoms with E-state index in [9.17, 15) is 15.2 Å². The van der Waals surface area contributed by atoms with E-state index in [2.05, 4.69) is 9.97 Å². The maximum Gasteiger partial charge on any atom is 0.270 e. The van der Waals surface area contributed by atoms with Crippen molar-refractivity contribution >= 4 is 5.69 Å². The van der Waals surface area contributed by atoms with Gasteiger partial charge in [-0.05, 0) is 18.9 Å². The van der Waals surface area contributed by atoms with Crippen LogP contribution in [0.1, 0.15) is 25.2 Å². The highest BCUT2D eigenvalue weighted by Gasteiger charge is 2.16. The number of nitro groups is 1. The number of aromatic hydroxyl groups is 1. The highest BCUT2D eigenvalue weighted by molar-refractivity contribution is 5.67. The second kappa shape index (κ2) is 5.09. The number of imidazole rings is 1. The quantitative estimate of drug-likeness (QED) is 0.653. The molecule has 0 amide bonds. The van der Waals surface area contributed by atoms with Crippen LogP contribution < -0.4 is 0 Å². The Bertz CT molecular complexity index is 598. The number of nitrogens with one attached hydrogen (secondary N) is 1. The van der Waals surface area contributed by atoms with E-state index in [1.54, 1.807) is 0 Å². The van der Waals surface area contributed by atoms with Crippen molar-refractivity contribution in [1.82, 2.24) is 9.97 Å². The number of phenolic OH excluding ortho intramolecular Hbond substituents is 1. The van der Waals surface area contributed by atoms with Crippen LogP contribution in [0.5, 0.6) is 5.75 Å². The Morgan fingerprint density at radius 2 is 2.11 bits per heavy atom. The summed E-state index contributed by atoms with van der Waals surface area (Å²) in [6.07, 6.45) is 1.57. The van der Waals surface area contributed by atoms with Gasteiger partial charge in [0.1, 0.15) is 11.6 Å². The van der Waals surface area contributed by atoms with Gasteiger partial charge >= 0.3 is 0 Å². The molecule has 6 heteroatoms. The minimum absolute atomic E-state index is 0.0235. The summed E-state index contributed by atoms with van der Waals surface area (Å²) in [5.74, 6) is 0.444. The smallest absolute Gasteiger partial charge is 0.270 e. The first-order chi connectivity index (χ1) is 9.06. The standard InChI is InChI=1S/C13H15N3O3/c1-3-10-11(4-2)15-13(14-10)9-7-8(16(18)19)5-6-12(9)17/h5-7,17H,3-4H2,1-2H3,(H,14,15). The summed E-state index contributed by atoms with van der Waals surface area (Å²) in [4.78, 5) is 17.8. The number of benzene rings is 1. The second-order valence-corrected chi connectivity index (χ2v) is 4.18. The van der Waals surface area contributed by atoms with E-state index >= 15 is 0 Å². The number of aromatic amines is 1. The molecular formula is C13H15N3O3. The number of nitrogens with zero attached hydrogens (tertiary/aromatic N) is 2. The molecule has 0 saturated carbocycles. The fourth-order valence-corrected chi connectivity index (χ4v) is 1.99. The van der Waals surface area contributed by atoms with Crippen molar-refractivity contribution in [1.29, 1.82) is 0 Å². The van der Waals surface area contributed by atoms with Gasteiger partial charge in [0.15, 0.2) is 0 Å². The van der Waals surface area contributed by atoms with Gasteiger partial charge in [0, 0.05) is 17.8 Å². The van der Waals surface area contributed by atoms with Gasteiger partial charge in [0.05, 0.1) is 16.2 Å². The van der Waals surface area contributed by atoms with E-state index in [4.69, 9.17) is 0 Å². The molecular weight excluding hydrogens is 246 g/mol. The van der Waals surface area contributed by atoms with Gasteiger partial charge < -0.3 is 10.1 Å². The zero-order valence-corrected chi connectivity index (χ0v) is 10.8. The van der Waals surface area contributed by atoms with Crippen LogP contribution in [0.25, 0.3) is 11.4 Å². The van der Waals surface area contributed by atoms with Crippen LogP contribution >= 0.6 is 0 Å². The first kappa shape index (κ1) is 13.1. The van der Waals surface area contributed by atoms with Crippen LogP contribution in [0, 0.1) is 10.1 Å². The third-order valence-electron chi connectivity index (χ3n) is 3.00. The maximum atomic E-state index is 10.8. The summed E-state index contributed by atoms with van der Waals surface area (Å²) in [5.41, 5.74) is 2.19. The Morgan fingerprint density at radius 1 is 1.37 bits per heavy atom. The van der Waals surface area contributed by atoms with Crippen LogP contribution in [0.3, 0.4) is 0 Å². The number of H-pyrrole nitrogens is 1. The van der Waals surface area contributed by atoms with Crippen molar-refractivity contribution in [3.8, 4) is 17.1 Å². The molecule has 2 aromatic rings. The minimum Gasteiger partial charge on any atom is -0.507 e. The topological polar surface area (TPSA) is 92.1 Å². The molecule has 1 aromatic carbocycles. The molecule has 100 valence electrons. The third-order valence-corrected chi connectivity index (χ3v) is 3.00. The largest absolute Gasteiger partial charge is 0.507 e. The van der Waals surface area contributed by atoms with Gasteiger partial charge in [-0.25, -0.2) is 4.98 Å². The first-order valence-electron chi connectivity index (χ1n) is 6.12. The van der Waals surface area contributed by atoms with Gasteiger partial charge in [0.2, 0.25) is 0 Å². The lowest BCUT2D eigenvalue weighted by Crippen LogP contribution is -1.90. The van der Waals surface area contributed by atoms with E-state index in [-0.39, 0.29) is 11.4 Å². The van der Waals surface area contributed by atoms with Crippen molar-refractivity contribution in [2.24, 2.45) is 0 Å². The number of hydrogen-bond acceptors (Lipinski definition) is 4. The van der Waals surface area contributed by atoms with Crippen molar-refractivity contribution < 1.29 is 10.0 Å². The van der Waals surface area contributed by atoms with Crippen molar-refractivity contribution in [3.05, 3.63) is 39.7 Å². The summed E-state index contributed by atoms with van der Waals surface area (Å²) in [6, 6.07) is 3.91. The zero-order valence-electron chi connectivity index (χ0n) is 10.8. The van der Waals surface area contributed by atoms with Crippen LogP contribution in [0.15, 0.2) is 18.2 Å². The summed E-state index contributed by atoms with van der Waals surface area (Å²) < 4.78 is 0. The molecule has 0 bridgehead atoms. The fourth-order valence-electron chi connectivity index (χ4n) is 1.99. The Labute approximate surface area is 110 Å². The molecule has 0 atom stereocenters. The average Bonchev–Trinajstić information content (AvgIpc) is 2.82. The number of phenols is 1. The molecule has 2 rings (SSSR count). The van der Waals surface area contributed by atoms with Gasteiger partial charge in [-0.2, -0.15) is 0 Å². The number of aryl methyl sites for hydroxylation is 2. The molecule has 0 saturated heterocycles. The molecule has 0 aliphatic rings. The number of hydrogen-bond donors (Lipinski definition) is 2. The highest BCUT2D eigenvalue weighted by Crippen LogP contribution is 2.31. The summed E-state index contributed by atoms with van der Waals surface area (Å²) in [6.45, 7) is 4.00. The van der Waals surface area contributed by atoms with Gasteiger partial charge in [-0.3, -0.25) is 10.1 Å². The van der Waals surface area contributed by atoms with Crippen LogP contribution in [-0.4, -0.2) is 20.0 Å². The van der Waals surface area contributed by atoms with Gasteiger partial charge in [-0.1, -0.05) is 13.8 Å². The molecule has 0 fully saturated rings. The van der Waals surface area contributed by atoms with Crippen LogP contribution in [-0.2, 0) is 12.8 Å². The molecule has 1 heterocycles. The first-order valence-corrected chi connectivity index (χ1v) is 6.12. The Morgan fingerprint density at radius 3 is 2.63 bits per heavy atom. The molecule has 0 aliphatic heterocycles.